The van der Waals surface area contributed by atoms with Crippen LogP contribution in [0.2, 0.25) is 0 Å². The van der Waals surface area contributed by atoms with Crippen LogP contribution in [0.3, 0.4) is 0 Å². The number of aromatic nitrogens is 3. The van der Waals surface area contributed by atoms with E-state index in [1.807, 2.05) is 21.5 Å². The molecule has 0 aliphatic rings. The van der Waals surface area contributed by atoms with Crippen molar-refractivity contribution >= 4 is 0 Å². The van der Waals surface area contributed by atoms with Gasteiger partial charge in [0.05, 0.1) is 12.2 Å². The molecule has 4 heteroatoms. The summed E-state index contributed by atoms with van der Waals surface area (Å²) in [4.78, 5) is 11.0. The van der Waals surface area contributed by atoms with Crippen molar-refractivity contribution in [3.8, 4) is 0 Å². The van der Waals surface area contributed by atoms with Gasteiger partial charge < -0.3 is 4.57 Å². The maximum absolute atomic E-state index is 11.0. The normalized spacial score (nSPS) is 12.6. The first-order chi connectivity index (χ1) is 8.19. The van der Waals surface area contributed by atoms with E-state index in [0.29, 0.717) is 12.6 Å². The summed E-state index contributed by atoms with van der Waals surface area (Å²) in [5.74, 6) is 0. The Hall–Kier alpha value is -1.84. The third-order valence-corrected chi connectivity index (χ3v) is 2.91. The van der Waals surface area contributed by atoms with Gasteiger partial charge >= 0.3 is 0 Å². The van der Waals surface area contributed by atoms with Crippen LogP contribution < -0.4 is 5.43 Å². The molecule has 90 valence electrons. The van der Waals surface area contributed by atoms with Gasteiger partial charge in [0, 0.05) is 36.8 Å². The summed E-state index contributed by atoms with van der Waals surface area (Å²) >= 11 is 0. The lowest BCUT2D eigenvalue weighted by Crippen LogP contribution is -2.07. The molecule has 0 bridgehead atoms. The highest BCUT2D eigenvalue weighted by Gasteiger charge is 2.04. The minimum atomic E-state index is 0.0337. The second-order valence-electron chi connectivity index (χ2n) is 4.25. The molecular weight excluding hydrogens is 214 g/mol. The zero-order valence-corrected chi connectivity index (χ0v) is 10.2. The minimum Gasteiger partial charge on any atom is -0.348 e. The van der Waals surface area contributed by atoms with Gasteiger partial charge in [0.15, 0.2) is 5.43 Å². The van der Waals surface area contributed by atoms with E-state index in [0.717, 1.165) is 12.1 Å². The van der Waals surface area contributed by atoms with E-state index in [4.69, 9.17) is 0 Å². The van der Waals surface area contributed by atoms with Gasteiger partial charge in [0.2, 0.25) is 0 Å². The Kier molecular flexibility index (Phi) is 3.42. The second-order valence-corrected chi connectivity index (χ2v) is 4.25. The fourth-order valence-corrected chi connectivity index (χ4v) is 1.63. The Morgan fingerprint density at radius 3 is 2.59 bits per heavy atom. The topological polar surface area (TPSA) is 39.8 Å². The Balaban J connectivity index is 2.11. The zero-order chi connectivity index (χ0) is 12.3. The molecule has 1 unspecified atom stereocenters. The summed E-state index contributed by atoms with van der Waals surface area (Å²) in [5, 5.41) is 4.52. The molecule has 0 spiro atoms. The summed E-state index contributed by atoms with van der Waals surface area (Å²) in [6.07, 6.45) is 6.64. The monoisotopic (exact) mass is 231 g/mol. The summed E-state index contributed by atoms with van der Waals surface area (Å²) in [6, 6.07) is 5.57. The molecule has 2 rings (SSSR count). The zero-order valence-electron chi connectivity index (χ0n) is 10.2. The van der Waals surface area contributed by atoms with Crippen LogP contribution in [0.5, 0.6) is 0 Å². The predicted octanol–water partition coefficient (Wildman–Crippen LogP) is 2.06. The molecule has 2 heterocycles. The minimum absolute atomic E-state index is 0.0337. The van der Waals surface area contributed by atoms with Crippen LogP contribution in [-0.2, 0) is 6.54 Å². The van der Waals surface area contributed by atoms with Crippen LogP contribution in [0, 0.1) is 0 Å². The highest BCUT2D eigenvalue weighted by atomic mass is 16.1. The average molecular weight is 231 g/mol. The van der Waals surface area contributed by atoms with Crippen molar-refractivity contribution < 1.29 is 0 Å². The molecule has 0 aliphatic carbocycles. The number of nitrogens with zero attached hydrogens (tertiary/aromatic N) is 3. The van der Waals surface area contributed by atoms with Crippen molar-refractivity contribution in [2.24, 2.45) is 0 Å². The smallest absolute Gasteiger partial charge is 0.181 e. The fourth-order valence-electron chi connectivity index (χ4n) is 1.63. The lowest BCUT2D eigenvalue weighted by molar-refractivity contribution is 0.472. The molecule has 0 saturated heterocycles. The molecule has 4 nitrogen and oxygen atoms in total. The van der Waals surface area contributed by atoms with Crippen molar-refractivity contribution in [2.45, 2.75) is 32.9 Å². The van der Waals surface area contributed by atoms with E-state index in [1.54, 1.807) is 24.5 Å². The van der Waals surface area contributed by atoms with E-state index in [9.17, 15) is 4.79 Å². The Bertz CT molecular complexity index is 521. The van der Waals surface area contributed by atoms with Gasteiger partial charge in [-0.1, -0.05) is 6.92 Å². The van der Waals surface area contributed by atoms with Gasteiger partial charge in [-0.05, 0) is 19.4 Å². The van der Waals surface area contributed by atoms with Crippen LogP contribution in [0.4, 0.5) is 0 Å². The van der Waals surface area contributed by atoms with Crippen molar-refractivity contribution in [1.29, 1.82) is 0 Å². The standard InChI is InChI=1S/C13H17N3O/c1-3-11(2)16-9-4-12(14-16)10-15-7-5-13(17)6-8-15/h4-9,11H,3,10H2,1-2H3. The second kappa shape index (κ2) is 4.99. The highest BCUT2D eigenvalue weighted by molar-refractivity contribution is 5.03. The highest BCUT2D eigenvalue weighted by Crippen LogP contribution is 2.09. The lowest BCUT2D eigenvalue weighted by atomic mass is 10.3. The third-order valence-electron chi connectivity index (χ3n) is 2.91. The summed E-state index contributed by atoms with van der Waals surface area (Å²) in [5.41, 5.74) is 1.04. The van der Waals surface area contributed by atoms with Gasteiger partial charge in [-0.3, -0.25) is 9.48 Å². The summed E-state index contributed by atoms with van der Waals surface area (Å²) in [7, 11) is 0. The number of pyridine rings is 1. The van der Waals surface area contributed by atoms with Crippen molar-refractivity contribution in [3.05, 3.63) is 52.7 Å². The Morgan fingerprint density at radius 1 is 1.24 bits per heavy atom. The maximum Gasteiger partial charge on any atom is 0.181 e. The third kappa shape index (κ3) is 2.84. The quantitative estimate of drug-likeness (QED) is 0.808. The van der Waals surface area contributed by atoms with Gasteiger partial charge in [-0.25, -0.2) is 0 Å². The number of rotatable bonds is 4. The van der Waals surface area contributed by atoms with Crippen LogP contribution in [0.25, 0.3) is 0 Å². The van der Waals surface area contributed by atoms with E-state index in [1.165, 1.54) is 0 Å². The maximum atomic E-state index is 11.0. The van der Waals surface area contributed by atoms with Gasteiger partial charge in [0.25, 0.3) is 0 Å². The van der Waals surface area contributed by atoms with Crippen molar-refractivity contribution in [1.82, 2.24) is 14.3 Å². The molecule has 17 heavy (non-hydrogen) atoms. The Morgan fingerprint density at radius 2 is 1.94 bits per heavy atom. The molecule has 0 N–H and O–H groups in total. The summed E-state index contributed by atoms with van der Waals surface area (Å²) in [6.45, 7) is 4.99. The van der Waals surface area contributed by atoms with E-state index in [2.05, 4.69) is 18.9 Å². The van der Waals surface area contributed by atoms with Crippen LogP contribution >= 0.6 is 0 Å². The van der Waals surface area contributed by atoms with Crippen molar-refractivity contribution in [3.63, 3.8) is 0 Å². The van der Waals surface area contributed by atoms with Crippen molar-refractivity contribution in [2.75, 3.05) is 0 Å². The van der Waals surface area contributed by atoms with Gasteiger partial charge in [-0.2, -0.15) is 5.10 Å². The van der Waals surface area contributed by atoms with Gasteiger partial charge in [0.1, 0.15) is 0 Å². The van der Waals surface area contributed by atoms with E-state index >= 15 is 0 Å². The predicted molar refractivity (Wildman–Crippen MR) is 67.0 cm³/mol. The molecule has 0 fully saturated rings. The van der Waals surface area contributed by atoms with Crippen LogP contribution in [0.15, 0.2) is 41.6 Å². The van der Waals surface area contributed by atoms with E-state index < -0.39 is 0 Å². The molecule has 0 radical (unpaired) electrons. The van der Waals surface area contributed by atoms with Crippen LogP contribution in [-0.4, -0.2) is 14.3 Å². The molecule has 2 aromatic rings. The van der Waals surface area contributed by atoms with E-state index in [-0.39, 0.29) is 5.43 Å². The SMILES string of the molecule is CCC(C)n1ccc(Cn2ccc(=O)cc2)n1. The largest absolute Gasteiger partial charge is 0.348 e. The lowest BCUT2D eigenvalue weighted by Gasteiger charge is -2.08. The molecule has 2 aromatic heterocycles. The molecular formula is C13H17N3O. The number of hydrogen-bond acceptors (Lipinski definition) is 2. The Labute approximate surface area is 101 Å². The fraction of sp³-hybridized carbons (Fsp3) is 0.385. The summed E-state index contributed by atoms with van der Waals surface area (Å²) < 4.78 is 3.93. The molecule has 1 atom stereocenters. The van der Waals surface area contributed by atoms with Crippen LogP contribution in [0.1, 0.15) is 32.0 Å². The number of hydrogen-bond donors (Lipinski definition) is 0. The first-order valence-corrected chi connectivity index (χ1v) is 5.89. The van der Waals surface area contributed by atoms with Gasteiger partial charge in [-0.15, -0.1) is 0 Å². The molecule has 0 aromatic carbocycles. The molecule has 0 aliphatic heterocycles. The first-order valence-electron chi connectivity index (χ1n) is 5.89. The first kappa shape index (κ1) is 11.6. The molecule has 0 saturated carbocycles. The average Bonchev–Trinajstić information content (AvgIpc) is 2.80. The molecule has 0 amide bonds.